The molecule has 1 amide bonds. The maximum absolute atomic E-state index is 13.9. The first-order chi connectivity index (χ1) is 16.9. The van der Waals surface area contributed by atoms with Gasteiger partial charge < -0.3 is 20.1 Å². The van der Waals surface area contributed by atoms with E-state index in [1.807, 2.05) is 79.9 Å². The summed E-state index contributed by atoms with van der Waals surface area (Å²) in [5, 5.41) is 6.63. The summed E-state index contributed by atoms with van der Waals surface area (Å²) in [7, 11) is 3.23. The zero-order chi connectivity index (χ0) is 24.7. The number of carbonyl (C=O) groups is 1. The molecule has 0 spiro atoms. The third-order valence-corrected chi connectivity index (χ3v) is 6.47. The number of nitrogens with one attached hydrogen (secondary N) is 2. The van der Waals surface area contributed by atoms with Crippen LogP contribution < -0.4 is 20.1 Å². The second-order valence-electron chi connectivity index (χ2n) is 8.72. The van der Waals surface area contributed by atoms with E-state index < -0.39 is 6.04 Å². The number of amides is 1. The largest absolute Gasteiger partial charge is 0.497 e. The van der Waals surface area contributed by atoms with E-state index in [9.17, 15) is 4.79 Å². The lowest BCUT2D eigenvalue weighted by atomic mass is 9.93. The van der Waals surface area contributed by atoms with Gasteiger partial charge in [-0.05, 0) is 56.7 Å². The van der Waals surface area contributed by atoms with Crippen LogP contribution in [0, 0.1) is 13.8 Å². The number of benzene rings is 3. The van der Waals surface area contributed by atoms with Crippen LogP contribution in [0.25, 0.3) is 16.7 Å². The number of aryl methyl sites for hydroxylation is 2. The van der Waals surface area contributed by atoms with Crippen molar-refractivity contribution in [3.63, 3.8) is 0 Å². The topological polar surface area (TPSA) is 77.4 Å². The van der Waals surface area contributed by atoms with E-state index in [2.05, 4.69) is 16.7 Å². The molecule has 4 aromatic rings. The summed E-state index contributed by atoms with van der Waals surface area (Å²) in [4.78, 5) is 18.7. The number of ether oxygens (including phenoxy) is 2. The molecule has 0 fully saturated rings. The summed E-state index contributed by atoms with van der Waals surface area (Å²) in [6.45, 7) is 5.99. The molecule has 0 radical (unpaired) electrons. The Kier molecular flexibility index (Phi) is 5.68. The number of hydrogen-bond donors (Lipinski definition) is 2. The molecule has 0 saturated carbocycles. The second-order valence-corrected chi connectivity index (χ2v) is 8.72. The third kappa shape index (κ3) is 3.89. The lowest BCUT2D eigenvalue weighted by Crippen LogP contribution is -2.30. The van der Waals surface area contributed by atoms with Crippen LogP contribution in [0.1, 0.15) is 29.7 Å². The van der Waals surface area contributed by atoms with Crippen LogP contribution in [0.4, 0.5) is 11.6 Å². The van der Waals surface area contributed by atoms with Crippen molar-refractivity contribution in [2.75, 3.05) is 24.9 Å². The van der Waals surface area contributed by atoms with E-state index in [0.717, 1.165) is 39.1 Å². The van der Waals surface area contributed by atoms with Crippen molar-refractivity contribution in [2.24, 2.45) is 0 Å². The highest BCUT2D eigenvalue weighted by Gasteiger charge is 2.34. The number of hydrogen-bond acceptors (Lipinski definition) is 5. The molecular formula is C28H28N4O3. The summed E-state index contributed by atoms with van der Waals surface area (Å²) < 4.78 is 13.1. The number of anilines is 2. The van der Waals surface area contributed by atoms with Crippen LogP contribution in [0.3, 0.4) is 0 Å². The molecule has 35 heavy (non-hydrogen) atoms. The highest BCUT2D eigenvalue weighted by molar-refractivity contribution is 6.10. The molecule has 1 aliphatic rings. The van der Waals surface area contributed by atoms with Gasteiger partial charge in [0, 0.05) is 23.0 Å². The molecule has 7 nitrogen and oxygen atoms in total. The summed E-state index contributed by atoms with van der Waals surface area (Å²) in [6, 6.07) is 19.0. The fraction of sp³-hybridized carbons (Fsp3) is 0.214. The monoisotopic (exact) mass is 468 g/mol. The maximum atomic E-state index is 13.9. The fourth-order valence-corrected chi connectivity index (χ4v) is 4.72. The number of carbonyl (C=O) groups excluding carboxylic acids is 1. The van der Waals surface area contributed by atoms with Crippen molar-refractivity contribution < 1.29 is 14.3 Å². The quantitative estimate of drug-likeness (QED) is 0.393. The number of methoxy groups -OCH3 is 2. The van der Waals surface area contributed by atoms with Crippen molar-refractivity contribution in [3.05, 3.63) is 82.9 Å². The second kappa shape index (κ2) is 8.83. The zero-order valence-electron chi connectivity index (χ0n) is 20.5. The van der Waals surface area contributed by atoms with Crippen molar-refractivity contribution in [1.82, 2.24) is 9.55 Å². The molecule has 1 atom stereocenters. The van der Waals surface area contributed by atoms with Crippen molar-refractivity contribution in [1.29, 1.82) is 0 Å². The molecule has 1 aliphatic heterocycles. The summed E-state index contributed by atoms with van der Waals surface area (Å²) in [5.41, 5.74) is 6.93. The predicted molar refractivity (Wildman–Crippen MR) is 139 cm³/mol. The number of para-hydroxylation sites is 2. The average molecular weight is 469 g/mol. The minimum absolute atomic E-state index is 0.187. The number of rotatable bonds is 5. The first-order valence-electron chi connectivity index (χ1n) is 11.5. The smallest absolute Gasteiger partial charge is 0.255 e. The third-order valence-electron chi connectivity index (χ3n) is 6.47. The van der Waals surface area contributed by atoms with Gasteiger partial charge in [-0.15, -0.1) is 0 Å². The first-order valence-corrected chi connectivity index (χ1v) is 11.5. The van der Waals surface area contributed by atoms with Crippen LogP contribution in [-0.2, 0) is 4.79 Å². The van der Waals surface area contributed by atoms with Crippen molar-refractivity contribution in [2.45, 2.75) is 26.8 Å². The van der Waals surface area contributed by atoms with Gasteiger partial charge >= 0.3 is 0 Å². The highest BCUT2D eigenvalue weighted by atomic mass is 16.5. The molecule has 7 heteroatoms. The number of allylic oxidation sites excluding steroid dienone is 1. The predicted octanol–water partition coefficient (Wildman–Crippen LogP) is 5.71. The zero-order valence-corrected chi connectivity index (χ0v) is 20.5. The summed E-state index contributed by atoms with van der Waals surface area (Å²) in [5.74, 6) is 1.79. The summed E-state index contributed by atoms with van der Waals surface area (Å²) in [6.07, 6.45) is 0. The Balaban J connectivity index is 1.68. The molecule has 0 bridgehead atoms. The van der Waals surface area contributed by atoms with Crippen LogP contribution in [0.2, 0.25) is 0 Å². The Bertz CT molecular complexity index is 1490. The van der Waals surface area contributed by atoms with E-state index in [4.69, 9.17) is 14.5 Å². The molecule has 2 heterocycles. The molecule has 0 aliphatic carbocycles. The minimum atomic E-state index is -0.481. The standard InChI is InChI=1S/C28H28N4O3/c1-16-10-13-21(17(2)14-16)29-27(33)25-18(3)32-23-9-7-6-8-22(23)30-28(32)31-26(25)20-12-11-19(34-4)15-24(20)35-5/h6-15,26H,1-5H3,(H,29,33)(H,30,31)/t26-/m0/s1. The number of imidazole rings is 1. The fourth-order valence-electron chi connectivity index (χ4n) is 4.72. The van der Waals surface area contributed by atoms with Crippen LogP contribution in [0.15, 0.2) is 66.2 Å². The first kappa shape index (κ1) is 22.5. The van der Waals surface area contributed by atoms with Gasteiger partial charge in [0.2, 0.25) is 5.95 Å². The van der Waals surface area contributed by atoms with Gasteiger partial charge in [0.25, 0.3) is 5.91 Å². The Morgan fingerprint density at radius 2 is 1.80 bits per heavy atom. The SMILES string of the molecule is COc1ccc([C@@H]2Nc3nc4ccccc4n3C(C)=C2C(=O)Nc2ccc(C)cc2C)c(OC)c1. The van der Waals surface area contributed by atoms with Crippen molar-refractivity contribution in [3.8, 4) is 11.5 Å². The average Bonchev–Trinajstić information content (AvgIpc) is 3.24. The Hall–Kier alpha value is -4.26. The van der Waals surface area contributed by atoms with Gasteiger partial charge in [-0.2, -0.15) is 0 Å². The number of fused-ring (bicyclic) bond motifs is 3. The minimum Gasteiger partial charge on any atom is -0.497 e. The Morgan fingerprint density at radius 1 is 1.00 bits per heavy atom. The van der Waals surface area contributed by atoms with Gasteiger partial charge in [0.15, 0.2) is 0 Å². The van der Waals surface area contributed by atoms with E-state index in [-0.39, 0.29) is 5.91 Å². The van der Waals surface area contributed by atoms with Gasteiger partial charge in [0.1, 0.15) is 11.5 Å². The molecule has 1 aromatic heterocycles. The van der Waals surface area contributed by atoms with E-state index in [1.54, 1.807) is 14.2 Å². The Labute approximate surface area is 204 Å². The molecular weight excluding hydrogens is 440 g/mol. The van der Waals surface area contributed by atoms with E-state index in [1.165, 1.54) is 0 Å². The number of nitrogens with zero attached hydrogens (tertiary/aromatic N) is 2. The molecule has 0 saturated heterocycles. The lowest BCUT2D eigenvalue weighted by Gasteiger charge is -2.31. The van der Waals surface area contributed by atoms with Crippen LogP contribution in [-0.4, -0.2) is 29.7 Å². The van der Waals surface area contributed by atoms with Crippen LogP contribution in [0.5, 0.6) is 11.5 Å². The van der Waals surface area contributed by atoms with Crippen LogP contribution >= 0.6 is 0 Å². The van der Waals surface area contributed by atoms with Gasteiger partial charge in [0.05, 0.1) is 36.9 Å². The van der Waals surface area contributed by atoms with Crippen molar-refractivity contribution >= 4 is 34.3 Å². The normalized spacial score (nSPS) is 14.9. The lowest BCUT2D eigenvalue weighted by molar-refractivity contribution is -0.113. The summed E-state index contributed by atoms with van der Waals surface area (Å²) >= 11 is 0. The molecule has 0 unspecified atom stereocenters. The Morgan fingerprint density at radius 3 is 2.54 bits per heavy atom. The maximum Gasteiger partial charge on any atom is 0.255 e. The van der Waals surface area contributed by atoms with Gasteiger partial charge in [-0.3, -0.25) is 9.36 Å². The van der Waals surface area contributed by atoms with Gasteiger partial charge in [-0.1, -0.05) is 29.8 Å². The van der Waals surface area contributed by atoms with Gasteiger partial charge in [-0.25, -0.2) is 4.98 Å². The highest BCUT2D eigenvalue weighted by Crippen LogP contribution is 2.42. The molecule has 178 valence electrons. The van der Waals surface area contributed by atoms with E-state index >= 15 is 0 Å². The molecule has 5 rings (SSSR count). The molecule has 3 aromatic carbocycles. The van der Waals surface area contributed by atoms with E-state index in [0.29, 0.717) is 23.0 Å². The number of aromatic nitrogens is 2. The molecule has 2 N–H and O–H groups in total.